The fourth-order valence-corrected chi connectivity index (χ4v) is 3.09. The van der Waals surface area contributed by atoms with Gasteiger partial charge in [-0.25, -0.2) is 4.98 Å². The first-order valence-corrected chi connectivity index (χ1v) is 8.67. The molecular formula is C18H18BrN5O2. The van der Waals surface area contributed by atoms with Crippen LogP contribution in [0.5, 0.6) is 5.88 Å². The zero-order chi connectivity index (χ0) is 18.7. The van der Waals surface area contributed by atoms with Crippen molar-refractivity contribution in [3.05, 3.63) is 64.0 Å². The number of hydrazine groups is 1. The lowest BCUT2D eigenvalue weighted by molar-refractivity contribution is 0.0961. The van der Waals surface area contributed by atoms with Crippen LogP contribution in [0.25, 0.3) is 5.69 Å². The van der Waals surface area contributed by atoms with E-state index in [0.717, 1.165) is 21.5 Å². The third-order valence-electron chi connectivity index (χ3n) is 3.87. The van der Waals surface area contributed by atoms with E-state index in [1.807, 2.05) is 48.7 Å². The minimum absolute atomic E-state index is 0.249. The molecule has 0 atom stereocenters. The number of hydrogen-bond acceptors (Lipinski definition) is 5. The van der Waals surface area contributed by atoms with Crippen molar-refractivity contribution in [3.8, 4) is 11.6 Å². The number of nitrogens with zero attached hydrogens (tertiary/aromatic N) is 3. The van der Waals surface area contributed by atoms with Gasteiger partial charge in [-0.2, -0.15) is 4.98 Å². The van der Waals surface area contributed by atoms with Crippen LogP contribution in [0, 0.1) is 13.8 Å². The predicted molar refractivity (Wildman–Crippen MR) is 103 cm³/mol. The molecule has 1 aromatic carbocycles. The lowest BCUT2D eigenvalue weighted by atomic mass is 10.2. The van der Waals surface area contributed by atoms with Gasteiger partial charge in [0.05, 0.1) is 12.7 Å². The molecule has 1 amide bonds. The Labute approximate surface area is 159 Å². The van der Waals surface area contributed by atoms with Crippen LogP contribution in [0.15, 0.2) is 47.1 Å². The van der Waals surface area contributed by atoms with Crippen LogP contribution in [0.4, 0.5) is 5.95 Å². The number of hydrogen-bond donors (Lipinski definition) is 2. The second-order valence-corrected chi connectivity index (χ2v) is 6.52. The molecule has 0 bridgehead atoms. The van der Waals surface area contributed by atoms with Crippen molar-refractivity contribution < 1.29 is 9.53 Å². The third-order valence-corrected chi connectivity index (χ3v) is 4.36. The highest BCUT2D eigenvalue weighted by Crippen LogP contribution is 2.23. The highest BCUT2D eigenvalue weighted by atomic mass is 79.9. The van der Waals surface area contributed by atoms with Gasteiger partial charge in [0.2, 0.25) is 11.8 Å². The Morgan fingerprint density at radius 2 is 2.04 bits per heavy atom. The Morgan fingerprint density at radius 3 is 2.77 bits per heavy atom. The van der Waals surface area contributed by atoms with Crippen molar-refractivity contribution in [2.24, 2.45) is 0 Å². The molecular weight excluding hydrogens is 398 g/mol. The maximum atomic E-state index is 12.6. The summed E-state index contributed by atoms with van der Waals surface area (Å²) < 4.78 is 8.04. The molecule has 2 heterocycles. The minimum atomic E-state index is -0.272. The Kier molecular flexibility index (Phi) is 5.22. The molecule has 8 heteroatoms. The van der Waals surface area contributed by atoms with Crippen molar-refractivity contribution in [3.63, 3.8) is 0 Å². The highest BCUT2D eigenvalue weighted by molar-refractivity contribution is 9.10. The topological polar surface area (TPSA) is 81.1 Å². The molecule has 134 valence electrons. The van der Waals surface area contributed by atoms with Gasteiger partial charge >= 0.3 is 0 Å². The SMILES string of the molecule is COc1ccnc(NNC(=O)c2cc(C)n(-c3cccc(Br)c3)c2C)n1. The van der Waals surface area contributed by atoms with Gasteiger partial charge in [0.1, 0.15) is 0 Å². The number of anilines is 1. The molecule has 2 N–H and O–H groups in total. The van der Waals surface area contributed by atoms with Gasteiger partial charge in [0.25, 0.3) is 5.91 Å². The maximum Gasteiger partial charge on any atom is 0.271 e. The van der Waals surface area contributed by atoms with Gasteiger partial charge in [0, 0.05) is 33.8 Å². The molecule has 0 saturated heterocycles. The standard InChI is InChI=1S/C18H18BrN5O2/c1-11-9-15(12(2)24(11)14-6-4-5-13(19)10-14)17(25)22-23-18-20-8-7-16(21-18)26-3/h4-10H,1-3H3,(H,22,25)(H,20,21,23). The number of benzene rings is 1. The van der Waals surface area contributed by atoms with Crippen molar-refractivity contribution in [1.29, 1.82) is 0 Å². The lowest BCUT2D eigenvalue weighted by Crippen LogP contribution is -2.30. The summed E-state index contributed by atoms with van der Waals surface area (Å²) in [4.78, 5) is 20.7. The average molecular weight is 416 g/mol. The van der Waals surface area contributed by atoms with Gasteiger partial charge in [-0.05, 0) is 38.1 Å². The Hall–Kier alpha value is -2.87. The zero-order valence-corrected chi connectivity index (χ0v) is 16.2. The maximum absolute atomic E-state index is 12.6. The molecule has 0 aliphatic rings. The van der Waals surface area contributed by atoms with E-state index in [4.69, 9.17) is 4.74 Å². The second kappa shape index (κ2) is 7.57. The molecule has 0 spiro atoms. The number of ether oxygens (including phenoxy) is 1. The Bertz CT molecular complexity index is 955. The number of amides is 1. The van der Waals surface area contributed by atoms with E-state index in [1.54, 1.807) is 12.3 Å². The second-order valence-electron chi connectivity index (χ2n) is 5.60. The highest BCUT2D eigenvalue weighted by Gasteiger charge is 2.17. The van der Waals surface area contributed by atoms with Gasteiger partial charge in [-0.1, -0.05) is 22.0 Å². The number of methoxy groups -OCH3 is 1. The third kappa shape index (κ3) is 3.70. The average Bonchev–Trinajstić information content (AvgIpc) is 2.94. The van der Waals surface area contributed by atoms with Crippen molar-refractivity contribution in [2.75, 3.05) is 12.5 Å². The molecule has 0 unspecified atom stereocenters. The van der Waals surface area contributed by atoms with E-state index in [9.17, 15) is 4.79 Å². The summed E-state index contributed by atoms with van der Waals surface area (Å²) in [6.45, 7) is 3.87. The first-order chi connectivity index (χ1) is 12.5. The molecule has 3 aromatic rings. The van der Waals surface area contributed by atoms with Crippen LogP contribution < -0.4 is 15.6 Å². The quantitative estimate of drug-likeness (QED) is 0.623. The van der Waals surface area contributed by atoms with Crippen LogP contribution in [-0.2, 0) is 0 Å². The molecule has 0 radical (unpaired) electrons. The zero-order valence-electron chi connectivity index (χ0n) is 14.6. The molecule has 0 aliphatic carbocycles. The van der Waals surface area contributed by atoms with Crippen molar-refractivity contribution in [2.45, 2.75) is 13.8 Å². The summed E-state index contributed by atoms with van der Waals surface area (Å²) in [6, 6.07) is 11.4. The van der Waals surface area contributed by atoms with Crippen LogP contribution in [0.1, 0.15) is 21.7 Å². The van der Waals surface area contributed by atoms with E-state index in [-0.39, 0.29) is 11.9 Å². The van der Waals surface area contributed by atoms with E-state index < -0.39 is 0 Å². The lowest BCUT2D eigenvalue weighted by Gasteiger charge is -2.11. The summed E-state index contributed by atoms with van der Waals surface area (Å²) in [7, 11) is 1.52. The van der Waals surface area contributed by atoms with Crippen LogP contribution in [-0.4, -0.2) is 27.6 Å². The van der Waals surface area contributed by atoms with Crippen LogP contribution in [0.2, 0.25) is 0 Å². The summed E-state index contributed by atoms with van der Waals surface area (Å²) in [5, 5.41) is 0. The Morgan fingerprint density at radius 1 is 1.23 bits per heavy atom. The normalized spacial score (nSPS) is 10.5. The summed E-state index contributed by atoms with van der Waals surface area (Å²) in [5.41, 5.74) is 8.67. The molecule has 26 heavy (non-hydrogen) atoms. The van der Waals surface area contributed by atoms with Gasteiger partial charge in [-0.3, -0.25) is 15.6 Å². The fourth-order valence-electron chi connectivity index (χ4n) is 2.70. The van der Waals surface area contributed by atoms with E-state index in [1.165, 1.54) is 7.11 Å². The monoisotopic (exact) mass is 415 g/mol. The number of rotatable bonds is 5. The number of nitrogens with one attached hydrogen (secondary N) is 2. The first-order valence-electron chi connectivity index (χ1n) is 7.88. The van der Waals surface area contributed by atoms with Gasteiger partial charge < -0.3 is 9.30 Å². The number of aromatic nitrogens is 3. The van der Waals surface area contributed by atoms with E-state index in [2.05, 4.69) is 36.7 Å². The summed E-state index contributed by atoms with van der Waals surface area (Å²) >= 11 is 3.48. The molecule has 0 saturated carbocycles. The fraction of sp³-hybridized carbons (Fsp3) is 0.167. The van der Waals surface area contributed by atoms with Crippen molar-refractivity contribution >= 4 is 27.8 Å². The molecule has 0 aliphatic heterocycles. The Balaban J connectivity index is 1.81. The van der Waals surface area contributed by atoms with Crippen LogP contribution >= 0.6 is 15.9 Å². The summed E-state index contributed by atoms with van der Waals surface area (Å²) in [5.74, 6) is 0.383. The van der Waals surface area contributed by atoms with E-state index >= 15 is 0 Å². The van der Waals surface area contributed by atoms with Gasteiger partial charge in [0.15, 0.2) is 0 Å². The predicted octanol–water partition coefficient (Wildman–Crippen LogP) is 3.41. The number of carbonyl (C=O) groups excluding carboxylic acids is 1. The van der Waals surface area contributed by atoms with Gasteiger partial charge in [-0.15, -0.1) is 0 Å². The van der Waals surface area contributed by atoms with Crippen molar-refractivity contribution in [1.82, 2.24) is 20.0 Å². The minimum Gasteiger partial charge on any atom is -0.481 e. The molecule has 3 rings (SSSR count). The summed E-state index contributed by atoms with van der Waals surface area (Å²) in [6.07, 6.45) is 1.54. The van der Waals surface area contributed by atoms with Crippen LogP contribution in [0.3, 0.4) is 0 Å². The number of aryl methyl sites for hydroxylation is 1. The largest absolute Gasteiger partial charge is 0.481 e. The molecule has 0 fully saturated rings. The van der Waals surface area contributed by atoms with E-state index in [0.29, 0.717) is 11.4 Å². The molecule has 7 nitrogen and oxygen atoms in total. The molecule has 2 aromatic heterocycles. The first kappa shape index (κ1) is 17.9. The number of carbonyl (C=O) groups is 1. The smallest absolute Gasteiger partial charge is 0.271 e. The number of halogens is 1.